The van der Waals surface area contributed by atoms with E-state index in [0.717, 1.165) is 29.7 Å². The molecule has 26 heavy (non-hydrogen) atoms. The van der Waals surface area contributed by atoms with E-state index in [0.29, 0.717) is 38.6 Å². The highest BCUT2D eigenvalue weighted by molar-refractivity contribution is 9.10. The second-order valence-electron chi connectivity index (χ2n) is 6.96. The molecule has 0 saturated carbocycles. The molecular formula is C19H28BrN3O3. The molecule has 6 nitrogen and oxygen atoms in total. The number of carbonyl (C=O) groups is 2. The zero-order valence-corrected chi connectivity index (χ0v) is 17.1. The first kappa shape index (κ1) is 20.7. The van der Waals surface area contributed by atoms with Crippen molar-refractivity contribution in [1.82, 2.24) is 9.80 Å². The fourth-order valence-corrected chi connectivity index (χ4v) is 3.15. The van der Waals surface area contributed by atoms with Gasteiger partial charge in [-0.2, -0.15) is 0 Å². The highest BCUT2D eigenvalue weighted by atomic mass is 79.9. The zero-order valence-electron chi connectivity index (χ0n) is 15.5. The minimum Gasteiger partial charge on any atom is -0.449 e. The van der Waals surface area contributed by atoms with Gasteiger partial charge in [-0.1, -0.05) is 35.8 Å². The summed E-state index contributed by atoms with van der Waals surface area (Å²) in [5.41, 5.74) is 0.791. The van der Waals surface area contributed by atoms with Crippen LogP contribution in [0.1, 0.15) is 26.7 Å². The lowest BCUT2D eigenvalue weighted by Gasteiger charge is -2.22. The van der Waals surface area contributed by atoms with Crippen LogP contribution in [0.3, 0.4) is 0 Å². The molecule has 0 unspecified atom stereocenters. The monoisotopic (exact) mass is 425 g/mol. The van der Waals surface area contributed by atoms with E-state index in [4.69, 9.17) is 4.74 Å². The number of nitrogens with zero attached hydrogens (tertiary/aromatic N) is 2. The average Bonchev–Trinajstić information content (AvgIpc) is 2.83. The molecule has 2 amide bonds. The lowest BCUT2D eigenvalue weighted by molar-refractivity contribution is -0.116. The second-order valence-corrected chi connectivity index (χ2v) is 7.88. The summed E-state index contributed by atoms with van der Waals surface area (Å²) in [6.07, 6.45) is 1.10. The lowest BCUT2D eigenvalue weighted by atomic mass is 10.2. The van der Waals surface area contributed by atoms with Gasteiger partial charge >= 0.3 is 6.09 Å². The Balaban J connectivity index is 1.72. The largest absolute Gasteiger partial charge is 0.449 e. The molecule has 2 rings (SSSR count). The van der Waals surface area contributed by atoms with Gasteiger partial charge in [0.25, 0.3) is 0 Å². The van der Waals surface area contributed by atoms with E-state index >= 15 is 0 Å². The van der Waals surface area contributed by atoms with Crippen LogP contribution in [0.15, 0.2) is 28.7 Å². The maximum atomic E-state index is 12.1. The number of benzene rings is 1. The predicted octanol–water partition coefficient (Wildman–Crippen LogP) is 3.58. The van der Waals surface area contributed by atoms with E-state index in [1.165, 1.54) is 0 Å². The summed E-state index contributed by atoms with van der Waals surface area (Å²) >= 11 is 3.40. The van der Waals surface area contributed by atoms with Gasteiger partial charge in [-0.05, 0) is 37.1 Å². The Labute approximate surface area is 164 Å². The molecule has 0 atom stereocenters. The summed E-state index contributed by atoms with van der Waals surface area (Å²) in [4.78, 5) is 28.2. The summed E-state index contributed by atoms with van der Waals surface area (Å²) in [6.45, 7) is 8.19. The van der Waals surface area contributed by atoms with E-state index in [1.807, 2.05) is 38.1 Å². The normalized spacial score (nSPS) is 15.6. The number of nitrogens with one attached hydrogen (secondary N) is 1. The van der Waals surface area contributed by atoms with Gasteiger partial charge in [0.05, 0.1) is 6.61 Å². The average molecular weight is 426 g/mol. The Hall–Kier alpha value is -1.60. The van der Waals surface area contributed by atoms with E-state index in [9.17, 15) is 9.59 Å². The van der Waals surface area contributed by atoms with Crippen molar-refractivity contribution in [3.05, 3.63) is 28.7 Å². The van der Waals surface area contributed by atoms with E-state index in [2.05, 4.69) is 26.1 Å². The molecule has 1 aliphatic rings. The molecule has 144 valence electrons. The number of hydrogen-bond acceptors (Lipinski definition) is 4. The Morgan fingerprint density at radius 2 is 2.04 bits per heavy atom. The van der Waals surface area contributed by atoms with Crippen LogP contribution >= 0.6 is 15.9 Å². The third-order valence-electron chi connectivity index (χ3n) is 4.15. The van der Waals surface area contributed by atoms with E-state index < -0.39 is 0 Å². The number of hydrogen-bond donors (Lipinski definition) is 1. The number of anilines is 1. The van der Waals surface area contributed by atoms with Gasteiger partial charge in [0.15, 0.2) is 0 Å². The number of carbonyl (C=O) groups excluding carboxylic acids is 2. The van der Waals surface area contributed by atoms with Crippen molar-refractivity contribution >= 4 is 33.6 Å². The molecule has 1 aromatic rings. The number of amides is 2. The molecule has 1 aromatic carbocycles. The van der Waals surface area contributed by atoms with Gasteiger partial charge in [0.1, 0.15) is 0 Å². The minimum atomic E-state index is -0.229. The fourth-order valence-electron chi connectivity index (χ4n) is 2.76. The first-order valence-corrected chi connectivity index (χ1v) is 9.93. The van der Waals surface area contributed by atoms with Crippen LogP contribution < -0.4 is 5.32 Å². The van der Waals surface area contributed by atoms with Crippen molar-refractivity contribution in [2.75, 3.05) is 44.6 Å². The molecule has 0 bridgehead atoms. The number of rotatable bonds is 6. The van der Waals surface area contributed by atoms with Crippen molar-refractivity contribution in [2.45, 2.75) is 26.7 Å². The Bertz CT molecular complexity index is 609. The van der Waals surface area contributed by atoms with E-state index in [1.54, 1.807) is 4.90 Å². The zero-order chi connectivity index (χ0) is 18.9. The molecule has 0 radical (unpaired) electrons. The molecule has 1 saturated heterocycles. The van der Waals surface area contributed by atoms with Crippen molar-refractivity contribution < 1.29 is 14.3 Å². The summed E-state index contributed by atoms with van der Waals surface area (Å²) in [6, 6.07) is 7.56. The van der Waals surface area contributed by atoms with Crippen LogP contribution in [0.2, 0.25) is 0 Å². The van der Waals surface area contributed by atoms with Crippen molar-refractivity contribution in [2.24, 2.45) is 5.92 Å². The van der Waals surface area contributed by atoms with Gasteiger partial charge in [-0.15, -0.1) is 0 Å². The summed E-state index contributed by atoms with van der Waals surface area (Å²) in [7, 11) is 0. The van der Waals surface area contributed by atoms with Gasteiger partial charge in [0, 0.05) is 42.8 Å². The molecule has 1 heterocycles. The molecule has 0 aromatic heterocycles. The Kier molecular flexibility index (Phi) is 8.38. The van der Waals surface area contributed by atoms with Gasteiger partial charge in [-0.3, -0.25) is 4.79 Å². The van der Waals surface area contributed by atoms with Crippen molar-refractivity contribution in [3.63, 3.8) is 0 Å². The van der Waals surface area contributed by atoms with Crippen molar-refractivity contribution in [3.8, 4) is 0 Å². The molecule has 0 spiro atoms. The number of ether oxygens (including phenoxy) is 1. The first-order chi connectivity index (χ1) is 12.4. The van der Waals surface area contributed by atoms with Gasteiger partial charge in [0.2, 0.25) is 5.91 Å². The maximum Gasteiger partial charge on any atom is 0.409 e. The smallest absolute Gasteiger partial charge is 0.409 e. The van der Waals surface area contributed by atoms with E-state index in [-0.39, 0.29) is 12.0 Å². The highest BCUT2D eigenvalue weighted by Crippen LogP contribution is 2.16. The topological polar surface area (TPSA) is 61.9 Å². The van der Waals surface area contributed by atoms with Crippen LogP contribution in [0.4, 0.5) is 10.5 Å². The Morgan fingerprint density at radius 1 is 1.23 bits per heavy atom. The molecule has 1 N–H and O–H groups in total. The molecule has 0 aliphatic carbocycles. The van der Waals surface area contributed by atoms with Crippen LogP contribution in [0.25, 0.3) is 0 Å². The van der Waals surface area contributed by atoms with Crippen LogP contribution in [0, 0.1) is 5.92 Å². The fraction of sp³-hybridized carbons (Fsp3) is 0.579. The highest BCUT2D eigenvalue weighted by Gasteiger charge is 2.20. The molecule has 1 fully saturated rings. The van der Waals surface area contributed by atoms with Crippen LogP contribution in [-0.2, 0) is 9.53 Å². The summed E-state index contributed by atoms with van der Waals surface area (Å²) in [5.74, 6) is 0.340. The number of halogens is 1. The summed E-state index contributed by atoms with van der Waals surface area (Å²) < 4.78 is 6.25. The third kappa shape index (κ3) is 7.33. The standard InChI is InChI=1S/C19H28BrN3O3/c1-15(2)14-26-19(25)23-9-4-8-22(11-12-23)10-7-18(24)21-17-6-3-5-16(20)13-17/h3,5-6,13,15H,4,7-12,14H2,1-2H3,(H,21,24). The third-order valence-corrected chi connectivity index (χ3v) is 4.64. The lowest BCUT2D eigenvalue weighted by Crippen LogP contribution is -2.36. The molecule has 1 aliphatic heterocycles. The SMILES string of the molecule is CC(C)COC(=O)N1CCCN(CCC(=O)Nc2cccc(Br)c2)CC1. The van der Waals surface area contributed by atoms with Gasteiger partial charge in [-0.25, -0.2) is 4.79 Å². The van der Waals surface area contributed by atoms with Crippen molar-refractivity contribution in [1.29, 1.82) is 0 Å². The van der Waals surface area contributed by atoms with Crippen LogP contribution in [0.5, 0.6) is 0 Å². The Morgan fingerprint density at radius 3 is 2.77 bits per heavy atom. The quantitative estimate of drug-likeness (QED) is 0.756. The maximum absolute atomic E-state index is 12.1. The van der Waals surface area contributed by atoms with Crippen LogP contribution in [-0.4, -0.2) is 61.1 Å². The minimum absolute atomic E-state index is 0.000506. The molecule has 7 heteroatoms. The van der Waals surface area contributed by atoms with Gasteiger partial charge < -0.3 is 19.9 Å². The second kappa shape index (κ2) is 10.5. The predicted molar refractivity (Wildman–Crippen MR) is 106 cm³/mol. The molecular weight excluding hydrogens is 398 g/mol. The summed E-state index contributed by atoms with van der Waals surface area (Å²) in [5, 5.41) is 2.91. The first-order valence-electron chi connectivity index (χ1n) is 9.13.